The molecule has 6 heteroatoms. The van der Waals surface area contributed by atoms with E-state index in [1.807, 2.05) is 18.3 Å². The maximum atomic E-state index is 13.2. The number of hydrogen-bond donors (Lipinski definition) is 1. The lowest BCUT2D eigenvalue weighted by Gasteiger charge is -2.01. The zero-order valence-corrected chi connectivity index (χ0v) is 11.9. The number of nitrogen functional groups attached to an aromatic ring is 1. The number of aromatic nitrogens is 2. The lowest BCUT2D eigenvalue weighted by atomic mass is 10.1. The summed E-state index contributed by atoms with van der Waals surface area (Å²) >= 11 is 9.16. The molecule has 0 aliphatic rings. The number of anilines is 1. The third-order valence-electron chi connectivity index (χ3n) is 2.81. The van der Waals surface area contributed by atoms with Crippen molar-refractivity contribution in [2.24, 2.45) is 0 Å². The topological polar surface area (TPSA) is 43.3 Å². The van der Waals surface area contributed by atoms with Crippen molar-refractivity contribution in [2.45, 2.75) is 0 Å². The quantitative estimate of drug-likeness (QED) is 0.723. The van der Waals surface area contributed by atoms with Gasteiger partial charge < -0.3 is 5.73 Å². The average Bonchev–Trinajstić information content (AvgIpc) is 2.70. The summed E-state index contributed by atoms with van der Waals surface area (Å²) in [5.74, 6) is 0.0227. The normalized spacial score (nSPS) is 11.1. The molecular formula is C13H8BrClFN3. The molecule has 0 saturated carbocycles. The number of pyridine rings is 1. The molecule has 2 N–H and O–H groups in total. The fourth-order valence-electron chi connectivity index (χ4n) is 1.89. The number of nitrogens with two attached hydrogens (primary N) is 1. The van der Waals surface area contributed by atoms with Crippen LogP contribution in [0, 0.1) is 5.82 Å². The van der Waals surface area contributed by atoms with Crippen LogP contribution in [0.5, 0.6) is 0 Å². The summed E-state index contributed by atoms with van der Waals surface area (Å²) in [5.41, 5.74) is 8.06. The summed E-state index contributed by atoms with van der Waals surface area (Å²) in [6.07, 6.45) is 1.83. The molecule has 0 aliphatic heterocycles. The Hall–Kier alpha value is -1.59. The summed E-state index contributed by atoms with van der Waals surface area (Å²) in [4.78, 5) is 4.43. The second-order valence-electron chi connectivity index (χ2n) is 4.05. The van der Waals surface area contributed by atoms with E-state index < -0.39 is 5.82 Å². The minimum atomic E-state index is -0.463. The average molecular weight is 341 g/mol. The van der Waals surface area contributed by atoms with Gasteiger partial charge in [-0.1, -0.05) is 11.6 Å². The van der Waals surface area contributed by atoms with Crippen LogP contribution in [0.2, 0.25) is 5.02 Å². The standard InChI is InChI=1S/C13H8BrClFN3/c14-8-2-4-11-18-12(13(17)19(11)6-8)7-1-3-10(16)9(15)5-7/h1-6H,17H2. The predicted octanol–water partition coefficient (Wildman–Crippen LogP) is 4.14. The van der Waals surface area contributed by atoms with Crippen molar-refractivity contribution >= 4 is 39.0 Å². The number of halogens is 3. The van der Waals surface area contributed by atoms with Gasteiger partial charge in [0.05, 0.1) is 5.02 Å². The Bertz CT molecular complexity index is 785. The van der Waals surface area contributed by atoms with Crippen molar-refractivity contribution in [1.29, 1.82) is 0 Å². The molecule has 2 heterocycles. The van der Waals surface area contributed by atoms with Gasteiger partial charge >= 0.3 is 0 Å². The first-order valence-electron chi connectivity index (χ1n) is 5.45. The summed E-state index contributed by atoms with van der Waals surface area (Å²) in [5, 5.41) is 0.0511. The van der Waals surface area contributed by atoms with E-state index in [1.54, 1.807) is 10.5 Å². The fourth-order valence-corrected chi connectivity index (χ4v) is 2.41. The van der Waals surface area contributed by atoms with Gasteiger partial charge in [0.15, 0.2) is 0 Å². The number of nitrogens with zero attached hydrogens (tertiary/aromatic N) is 2. The lowest BCUT2D eigenvalue weighted by Crippen LogP contribution is -1.94. The molecule has 0 aliphatic carbocycles. The fraction of sp³-hybridized carbons (Fsp3) is 0. The Morgan fingerprint density at radius 3 is 2.79 bits per heavy atom. The lowest BCUT2D eigenvalue weighted by molar-refractivity contribution is 0.628. The van der Waals surface area contributed by atoms with Gasteiger partial charge in [-0.3, -0.25) is 4.40 Å². The number of benzene rings is 1. The monoisotopic (exact) mass is 339 g/mol. The van der Waals surface area contributed by atoms with Crippen LogP contribution in [0.1, 0.15) is 0 Å². The van der Waals surface area contributed by atoms with Crippen molar-refractivity contribution in [2.75, 3.05) is 5.73 Å². The molecule has 3 nitrogen and oxygen atoms in total. The van der Waals surface area contributed by atoms with E-state index in [2.05, 4.69) is 20.9 Å². The highest BCUT2D eigenvalue weighted by atomic mass is 79.9. The van der Waals surface area contributed by atoms with Crippen molar-refractivity contribution in [3.8, 4) is 11.3 Å². The molecule has 96 valence electrons. The van der Waals surface area contributed by atoms with Gasteiger partial charge in [0.2, 0.25) is 0 Å². The Morgan fingerprint density at radius 1 is 1.26 bits per heavy atom. The van der Waals surface area contributed by atoms with Crippen LogP contribution in [0.3, 0.4) is 0 Å². The van der Waals surface area contributed by atoms with Crippen LogP contribution in [-0.2, 0) is 0 Å². The van der Waals surface area contributed by atoms with Gasteiger partial charge in [-0.2, -0.15) is 0 Å². The van der Waals surface area contributed by atoms with Crippen LogP contribution in [0.25, 0.3) is 16.9 Å². The van der Waals surface area contributed by atoms with E-state index in [9.17, 15) is 4.39 Å². The maximum Gasteiger partial charge on any atom is 0.141 e. The third-order valence-corrected chi connectivity index (χ3v) is 3.57. The minimum Gasteiger partial charge on any atom is -0.383 e. The molecule has 0 unspecified atom stereocenters. The minimum absolute atomic E-state index is 0.0511. The second-order valence-corrected chi connectivity index (χ2v) is 5.37. The van der Waals surface area contributed by atoms with Gasteiger partial charge in [-0.15, -0.1) is 0 Å². The first-order chi connectivity index (χ1) is 9.06. The largest absolute Gasteiger partial charge is 0.383 e. The predicted molar refractivity (Wildman–Crippen MR) is 77.7 cm³/mol. The summed E-state index contributed by atoms with van der Waals surface area (Å²) in [7, 11) is 0. The molecule has 0 spiro atoms. The Labute approximate surface area is 122 Å². The third kappa shape index (κ3) is 2.09. The first-order valence-corrected chi connectivity index (χ1v) is 6.62. The Kier molecular flexibility index (Phi) is 2.95. The summed E-state index contributed by atoms with van der Waals surface area (Å²) in [6.45, 7) is 0. The van der Waals surface area contributed by atoms with E-state index in [0.29, 0.717) is 17.1 Å². The highest BCUT2D eigenvalue weighted by Gasteiger charge is 2.12. The number of fused-ring (bicyclic) bond motifs is 1. The van der Waals surface area contributed by atoms with Crippen LogP contribution in [-0.4, -0.2) is 9.38 Å². The number of rotatable bonds is 1. The zero-order chi connectivity index (χ0) is 13.6. The SMILES string of the molecule is Nc1c(-c2ccc(F)c(Cl)c2)nc2ccc(Br)cn12. The molecular weight excluding hydrogens is 333 g/mol. The van der Waals surface area contributed by atoms with Crippen LogP contribution in [0.4, 0.5) is 10.2 Å². The zero-order valence-electron chi connectivity index (χ0n) is 9.57. The highest BCUT2D eigenvalue weighted by Crippen LogP contribution is 2.30. The highest BCUT2D eigenvalue weighted by molar-refractivity contribution is 9.10. The van der Waals surface area contributed by atoms with Gasteiger partial charge in [0.1, 0.15) is 23.0 Å². The van der Waals surface area contributed by atoms with Crippen molar-refractivity contribution < 1.29 is 4.39 Å². The van der Waals surface area contributed by atoms with Crippen LogP contribution < -0.4 is 5.73 Å². The number of imidazole rings is 1. The van der Waals surface area contributed by atoms with Crippen molar-refractivity contribution in [3.05, 3.63) is 51.8 Å². The molecule has 0 radical (unpaired) electrons. The van der Waals surface area contributed by atoms with Gasteiger partial charge in [0.25, 0.3) is 0 Å². The molecule has 0 fully saturated rings. The molecule has 2 aromatic heterocycles. The van der Waals surface area contributed by atoms with Crippen LogP contribution >= 0.6 is 27.5 Å². The van der Waals surface area contributed by atoms with Gasteiger partial charge in [-0.25, -0.2) is 9.37 Å². The molecule has 19 heavy (non-hydrogen) atoms. The van der Waals surface area contributed by atoms with Gasteiger partial charge in [0, 0.05) is 16.2 Å². The summed E-state index contributed by atoms with van der Waals surface area (Å²) < 4.78 is 15.8. The van der Waals surface area contributed by atoms with E-state index in [-0.39, 0.29) is 5.02 Å². The smallest absolute Gasteiger partial charge is 0.141 e. The number of hydrogen-bond acceptors (Lipinski definition) is 2. The Balaban J connectivity index is 2.24. The van der Waals surface area contributed by atoms with Gasteiger partial charge in [-0.05, 0) is 46.3 Å². The van der Waals surface area contributed by atoms with Crippen LogP contribution in [0.15, 0.2) is 41.0 Å². The van der Waals surface area contributed by atoms with E-state index in [0.717, 1.165) is 10.1 Å². The maximum absolute atomic E-state index is 13.2. The molecule has 0 atom stereocenters. The molecule has 1 aromatic carbocycles. The summed E-state index contributed by atoms with van der Waals surface area (Å²) in [6, 6.07) is 8.15. The second kappa shape index (κ2) is 4.51. The molecule has 3 aromatic rings. The molecule has 0 amide bonds. The molecule has 0 bridgehead atoms. The Morgan fingerprint density at radius 2 is 2.05 bits per heavy atom. The first kappa shape index (κ1) is 12.4. The van der Waals surface area contributed by atoms with E-state index in [1.165, 1.54) is 12.1 Å². The van der Waals surface area contributed by atoms with Crippen molar-refractivity contribution in [1.82, 2.24) is 9.38 Å². The van der Waals surface area contributed by atoms with E-state index in [4.69, 9.17) is 17.3 Å². The molecule has 3 rings (SSSR count). The van der Waals surface area contributed by atoms with Crippen molar-refractivity contribution in [3.63, 3.8) is 0 Å². The molecule has 0 saturated heterocycles. The van der Waals surface area contributed by atoms with E-state index >= 15 is 0 Å².